The van der Waals surface area contributed by atoms with Crippen LogP contribution >= 0.6 is 0 Å². The first-order valence-electron chi connectivity index (χ1n) is 16.7. The lowest BCUT2D eigenvalue weighted by Crippen LogP contribution is -2.40. The molecule has 48 heavy (non-hydrogen) atoms. The number of hydrogen-bond donors (Lipinski definition) is 0. The number of nitrogens with zero attached hydrogens (tertiary/aromatic N) is 8. The number of esters is 1. The van der Waals surface area contributed by atoms with Gasteiger partial charge in [-0.2, -0.15) is 5.10 Å². The van der Waals surface area contributed by atoms with Crippen molar-refractivity contribution in [1.29, 1.82) is 0 Å². The molecule has 4 aromatic heterocycles. The average molecular weight is 655 g/mol. The van der Waals surface area contributed by atoms with Gasteiger partial charge in [-0.15, -0.1) is 5.10 Å². The van der Waals surface area contributed by atoms with Gasteiger partial charge in [-0.05, 0) is 82.6 Å². The predicted molar refractivity (Wildman–Crippen MR) is 177 cm³/mol. The molecule has 13 nitrogen and oxygen atoms in total. The highest BCUT2D eigenvalue weighted by atomic mass is 16.6. The van der Waals surface area contributed by atoms with Crippen molar-refractivity contribution in [1.82, 2.24) is 39.1 Å². The molecule has 252 valence electrons. The molecule has 2 fully saturated rings. The summed E-state index contributed by atoms with van der Waals surface area (Å²) in [5.74, 6) is 0.0824. The maximum Gasteiger partial charge on any atom is 0.410 e. The molecule has 1 amide bonds. The van der Waals surface area contributed by atoms with Crippen molar-refractivity contribution in [3.05, 3.63) is 65.9 Å². The Morgan fingerprint density at radius 3 is 2.65 bits per heavy atom. The fraction of sp³-hybridized carbons (Fsp3) is 0.486. The summed E-state index contributed by atoms with van der Waals surface area (Å²) < 4.78 is 22.3. The molecule has 0 spiro atoms. The van der Waals surface area contributed by atoms with Crippen molar-refractivity contribution >= 4 is 28.6 Å². The van der Waals surface area contributed by atoms with Gasteiger partial charge in [-0.25, -0.2) is 23.9 Å². The van der Waals surface area contributed by atoms with E-state index in [1.807, 2.05) is 65.5 Å². The van der Waals surface area contributed by atoms with Crippen LogP contribution in [0.5, 0.6) is 0 Å². The maximum atomic E-state index is 13.1. The number of carbonyl (C=O) groups excluding carboxylic acids is 2. The normalized spacial score (nSPS) is 17.0. The summed E-state index contributed by atoms with van der Waals surface area (Å²) in [6, 6.07) is 7.54. The Labute approximate surface area is 278 Å². The van der Waals surface area contributed by atoms with E-state index >= 15 is 0 Å². The van der Waals surface area contributed by atoms with Crippen molar-refractivity contribution in [2.75, 3.05) is 20.3 Å². The van der Waals surface area contributed by atoms with Gasteiger partial charge < -0.3 is 23.5 Å². The molecule has 7 rings (SSSR count). The molecule has 2 aliphatic rings. The van der Waals surface area contributed by atoms with E-state index in [0.717, 1.165) is 65.5 Å². The van der Waals surface area contributed by atoms with Crippen LogP contribution in [0.4, 0.5) is 4.79 Å². The highest BCUT2D eigenvalue weighted by Crippen LogP contribution is 2.33. The lowest BCUT2D eigenvalue weighted by Gasteiger charge is -2.33. The van der Waals surface area contributed by atoms with Gasteiger partial charge in [0.25, 0.3) is 0 Å². The minimum atomic E-state index is -0.554. The quantitative estimate of drug-likeness (QED) is 0.175. The van der Waals surface area contributed by atoms with E-state index in [2.05, 4.69) is 15.4 Å². The van der Waals surface area contributed by atoms with Gasteiger partial charge in [0.05, 0.1) is 49.4 Å². The van der Waals surface area contributed by atoms with Crippen LogP contribution in [0.2, 0.25) is 0 Å². The number of aromatic nitrogens is 7. The number of hydrogen-bond acceptors (Lipinski definition) is 9. The van der Waals surface area contributed by atoms with Gasteiger partial charge >= 0.3 is 12.1 Å². The first kappa shape index (κ1) is 31.8. The Kier molecular flexibility index (Phi) is 8.63. The Morgan fingerprint density at radius 2 is 1.92 bits per heavy atom. The molecule has 1 aliphatic heterocycles. The van der Waals surface area contributed by atoms with E-state index in [1.165, 1.54) is 13.5 Å². The maximum absolute atomic E-state index is 13.1. The molecule has 1 aliphatic carbocycles. The number of pyridine rings is 1. The molecule has 1 aromatic carbocycles. The summed E-state index contributed by atoms with van der Waals surface area (Å²) in [5.41, 5.74) is 4.56. The van der Waals surface area contributed by atoms with Crippen molar-refractivity contribution in [3.63, 3.8) is 0 Å². The van der Waals surface area contributed by atoms with Crippen LogP contribution in [-0.2, 0) is 27.3 Å². The number of fused-ring (bicyclic) bond motifs is 2. The van der Waals surface area contributed by atoms with Crippen LogP contribution in [0.3, 0.4) is 0 Å². The monoisotopic (exact) mass is 654 g/mol. The van der Waals surface area contributed by atoms with Crippen LogP contribution in [-0.4, -0.2) is 77.0 Å². The highest BCUT2D eigenvalue weighted by molar-refractivity contribution is 6.01. The zero-order chi connectivity index (χ0) is 33.4. The molecular formula is C35H42N8O5. The second-order valence-electron chi connectivity index (χ2n) is 13.9. The fourth-order valence-corrected chi connectivity index (χ4v) is 6.40. The summed E-state index contributed by atoms with van der Waals surface area (Å²) in [5, 5.41) is 14.4. The highest BCUT2D eigenvalue weighted by Gasteiger charge is 2.28. The molecule has 1 atom stereocenters. The zero-order valence-electron chi connectivity index (χ0n) is 28.0. The largest absolute Gasteiger partial charge is 0.465 e. The van der Waals surface area contributed by atoms with Crippen molar-refractivity contribution in [3.8, 4) is 11.3 Å². The fourth-order valence-electron chi connectivity index (χ4n) is 6.40. The summed E-state index contributed by atoms with van der Waals surface area (Å²) in [6.45, 7) is 7.91. The molecule has 1 unspecified atom stereocenters. The van der Waals surface area contributed by atoms with Crippen LogP contribution in [0, 0.1) is 5.92 Å². The van der Waals surface area contributed by atoms with Gasteiger partial charge in [-0.1, -0.05) is 17.7 Å². The molecule has 5 heterocycles. The molecule has 13 heteroatoms. The summed E-state index contributed by atoms with van der Waals surface area (Å²) in [7, 11) is 1.37. The Morgan fingerprint density at radius 1 is 1.06 bits per heavy atom. The second-order valence-corrected chi connectivity index (χ2v) is 13.9. The van der Waals surface area contributed by atoms with Crippen LogP contribution < -0.4 is 0 Å². The van der Waals surface area contributed by atoms with Crippen molar-refractivity contribution < 1.29 is 23.8 Å². The number of benzene rings is 1. The molecule has 1 saturated carbocycles. The number of methoxy groups -OCH3 is 1. The molecule has 0 N–H and O–H groups in total. The third kappa shape index (κ3) is 6.77. The SMILES string of the molecule is COC(=O)c1cc(-c2cn(Cc3cn4cc(CN(CC5CCC5)C(=O)OC(C)(C)C)ccc4n3)nn2)c2cnn(C3CCCCO3)c2c1. The van der Waals surface area contributed by atoms with Gasteiger partial charge in [0.15, 0.2) is 6.23 Å². The van der Waals surface area contributed by atoms with Crippen LogP contribution in [0.1, 0.15) is 87.1 Å². The molecule has 0 bridgehead atoms. The first-order valence-corrected chi connectivity index (χ1v) is 16.7. The van der Waals surface area contributed by atoms with E-state index in [9.17, 15) is 9.59 Å². The number of amides is 1. The predicted octanol–water partition coefficient (Wildman–Crippen LogP) is 6.01. The zero-order valence-corrected chi connectivity index (χ0v) is 28.0. The second kappa shape index (κ2) is 13.0. The lowest BCUT2D eigenvalue weighted by atomic mass is 9.85. The average Bonchev–Trinajstić information content (AvgIpc) is 3.79. The number of imidazole rings is 1. The standard InChI is InChI=1S/C35H42N8O5/c1-35(2,3)48-34(45)41(17-23-8-7-9-23)19-24-11-12-31-37-26(20-40(31)18-24)21-42-22-29(38-39-42)27-14-25(33(44)46-4)15-30-28(27)16-36-43(30)32-10-5-6-13-47-32/h11-12,14-16,18,20,22-23,32H,5-10,13,17,19,21H2,1-4H3. The molecule has 1 saturated heterocycles. The molecule has 5 aromatic rings. The van der Waals surface area contributed by atoms with Gasteiger partial charge in [0, 0.05) is 36.5 Å². The van der Waals surface area contributed by atoms with Gasteiger partial charge in [0.1, 0.15) is 16.9 Å². The minimum absolute atomic E-state index is 0.189. The minimum Gasteiger partial charge on any atom is -0.465 e. The third-order valence-electron chi connectivity index (χ3n) is 9.00. The topological polar surface area (TPSA) is 131 Å². The number of carbonyl (C=O) groups is 2. The Bertz CT molecular complexity index is 1940. The third-order valence-corrected chi connectivity index (χ3v) is 9.00. The first-order chi connectivity index (χ1) is 23.1. The van der Waals surface area contributed by atoms with Crippen molar-refractivity contribution in [2.24, 2.45) is 5.92 Å². The summed E-state index contributed by atoms with van der Waals surface area (Å²) >= 11 is 0. The Hall–Kier alpha value is -4.78. The molecular weight excluding hydrogens is 612 g/mol. The molecule has 0 radical (unpaired) electrons. The number of rotatable bonds is 9. The smallest absolute Gasteiger partial charge is 0.410 e. The van der Waals surface area contributed by atoms with Crippen LogP contribution in [0.25, 0.3) is 27.8 Å². The van der Waals surface area contributed by atoms with E-state index in [0.29, 0.717) is 43.4 Å². The van der Waals surface area contributed by atoms with E-state index in [4.69, 9.17) is 19.2 Å². The Balaban J connectivity index is 1.12. The van der Waals surface area contributed by atoms with E-state index in [-0.39, 0.29) is 12.3 Å². The number of ether oxygens (including phenoxy) is 3. The van der Waals surface area contributed by atoms with Gasteiger partial charge in [-0.3, -0.25) is 0 Å². The van der Waals surface area contributed by atoms with E-state index < -0.39 is 11.6 Å². The van der Waals surface area contributed by atoms with E-state index in [1.54, 1.807) is 23.0 Å². The summed E-state index contributed by atoms with van der Waals surface area (Å²) in [6.07, 6.45) is 13.6. The van der Waals surface area contributed by atoms with Gasteiger partial charge in [0.2, 0.25) is 0 Å². The van der Waals surface area contributed by atoms with Crippen LogP contribution in [0.15, 0.2) is 49.1 Å². The summed E-state index contributed by atoms with van der Waals surface area (Å²) in [4.78, 5) is 32.3. The lowest BCUT2D eigenvalue weighted by molar-refractivity contribution is -0.0366. The van der Waals surface area contributed by atoms with Crippen molar-refractivity contribution in [2.45, 2.75) is 84.2 Å².